The SMILES string of the molecule is O=C(O)c1ccn(-c2ccc(NCc3cnc(Cl)s3)cc2)n1. The summed E-state index contributed by atoms with van der Waals surface area (Å²) in [5, 5.41) is 16.1. The van der Waals surface area contributed by atoms with Gasteiger partial charge in [-0.15, -0.1) is 11.3 Å². The highest BCUT2D eigenvalue weighted by Gasteiger charge is 2.07. The van der Waals surface area contributed by atoms with Gasteiger partial charge in [0.2, 0.25) is 0 Å². The Kier molecular flexibility index (Phi) is 4.08. The van der Waals surface area contributed by atoms with Crippen molar-refractivity contribution in [3.63, 3.8) is 0 Å². The molecule has 0 radical (unpaired) electrons. The number of benzene rings is 1. The van der Waals surface area contributed by atoms with E-state index < -0.39 is 5.97 Å². The zero-order valence-corrected chi connectivity index (χ0v) is 12.8. The number of carboxylic acids is 1. The number of nitrogens with zero attached hydrogens (tertiary/aromatic N) is 3. The number of carboxylic acid groups (broad SMARTS) is 1. The third-order valence-corrected chi connectivity index (χ3v) is 4.05. The number of aromatic carboxylic acids is 1. The number of thiazole rings is 1. The summed E-state index contributed by atoms with van der Waals surface area (Å²) in [6, 6.07) is 8.99. The van der Waals surface area contributed by atoms with Crippen molar-refractivity contribution in [2.45, 2.75) is 6.54 Å². The van der Waals surface area contributed by atoms with Crippen LogP contribution < -0.4 is 5.32 Å². The quantitative estimate of drug-likeness (QED) is 0.748. The van der Waals surface area contributed by atoms with Gasteiger partial charge in [0.05, 0.1) is 12.2 Å². The van der Waals surface area contributed by atoms with Crippen LogP contribution in [0.2, 0.25) is 4.47 Å². The second-order valence-electron chi connectivity index (χ2n) is 4.43. The summed E-state index contributed by atoms with van der Waals surface area (Å²) in [5.74, 6) is -1.04. The molecule has 0 fully saturated rings. The van der Waals surface area contributed by atoms with Crippen molar-refractivity contribution in [2.24, 2.45) is 0 Å². The largest absolute Gasteiger partial charge is 0.476 e. The molecule has 0 spiro atoms. The summed E-state index contributed by atoms with van der Waals surface area (Å²) in [6.45, 7) is 0.647. The number of rotatable bonds is 5. The van der Waals surface area contributed by atoms with Gasteiger partial charge in [-0.2, -0.15) is 5.10 Å². The molecule has 1 aromatic carbocycles. The lowest BCUT2D eigenvalue weighted by atomic mass is 10.3. The Morgan fingerprint density at radius 2 is 2.09 bits per heavy atom. The van der Waals surface area contributed by atoms with Crippen molar-refractivity contribution < 1.29 is 9.90 Å². The molecular formula is C14H11ClN4O2S. The molecule has 0 amide bonds. The van der Waals surface area contributed by atoms with Crippen molar-refractivity contribution in [1.29, 1.82) is 0 Å². The highest BCUT2D eigenvalue weighted by atomic mass is 35.5. The minimum absolute atomic E-state index is 0.0178. The maximum Gasteiger partial charge on any atom is 0.356 e. The topological polar surface area (TPSA) is 80.0 Å². The first kappa shape index (κ1) is 14.6. The van der Waals surface area contributed by atoms with Crippen molar-refractivity contribution in [3.8, 4) is 5.69 Å². The second kappa shape index (κ2) is 6.17. The van der Waals surface area contributed by atoms with Gasteiger partial charge in [-0.05, 0) is 30.3 Å². The molecule has 2 heterocycles. The lowest BCUT2D eigenvalue weighted by Crippen LogP contribution is -2.01. The average molecular weight is 335 g/mol. The molecule has 0 aliphatic heterocycles. The maximum absolute atomic E-state index is 10.8. The van der Waals surface area contributed by atoms with E-state index in [1.54, 1.807) is 12.4 Å². The third kappa shape index (κ3) is 3.26. The lowest BCUT2D eigenvalue weighted by Gasteiger charge is -2.06. The Morgan fingerprint density at radius 3 is 2.68 bits per heavy atom. The number of hydrogen-bond acceptors (Lipinski definition) is 5. The molecule has 0 saturated carbocycles. The molecule has 2 aromatic heterocycles. The fraction of sp³-hybridized carbons (Fsp3) is 0.0714. The summed E-state index contributed by atoms with van der Waals surface area (Å²) >= 11 is 7.22. The molecule has 8 heteroatoms. The molecule has 0 saturated heterocycles. The molecule has 3 rings (SSSR count). The molecule has 2 N–H and O–H groups in total. The van der Waals surface area contributed by atoms with E-state index >= 15 is 0 Å². The number of hydrogen-bond donors (Lipinski definition) is 2. The van der Waals surface area contributed by atoms with Gasteiger partial charge in [-0.3, -0.25) is 0 Å². The van der Waals surface area contributed by atoms with Crippen LogP contribution in [0.1, 0.15) is 15.4 Å². The van der Waals surface area contributed by atoms with E-state index in [2.05, 4.69) is 15.4 Å². The number of aromatic nitrogens is 3. The zero-order valence-electron chi connectivity index (χ0n) is 11.2. The summed E-state index contributed by atoms with van der Waals surface area (Å²) in [7, 11) is 0. The van der Waals surface area contributed by atoms with Gasteiger partial charge >= 0.3 is 5.97 Å². The number of nitrogens with one attached hydrogen (secondary N) is 1. The zero-order chi connectivity index (χ0) is 15.5. The van der Waals surface area contributed by atoms with Crippen LogP contribution in [-0.4, -0.2) is 25.8 Å². The fourth-order valence-corrected chi connectivity index (χ4v) is 2.79. The van der Waals surface area contributed by atoms with Gasteiger partial charge in [0.1, 0.15) is 0 Å². The number of carbonyl (C=O) groups is 1. The van der Waals surface area contributed by atoms with E-state index in [0.29, 0.717) is 11.0 Å². The van der Waals surface area contributed by atoms with Gasteiger partial charge < -0.3 is 10.4 Å². The normalized spacial score (nSPS) is 10.6. The number of anilines is 1. The predicted octanol–water partition coefficient (Wildman–Crippen LogP) is 3.29. The minimum atomic E-state index is -1.04. The summed E-state index contributed by atoms with van der Waals surface area (Å²) in [4.78, 5) is 15.9. The van der Waals surface area contributed by atoms with Crippen LogP contribution in [0.5, 0.6) is 0 Å². The van der Waals surface area contributed by atoms with Crippen molar-refractivity contribution in [2.75, 3.05) is 5.32 Å². The lowest BCUT2D eigenvalue weighted by molar-refractivity contribution is 0.0690. The van der Waals surface area contributed by atoms with Gasteiger partial charge in [0.15, 0.2) is 10.2 Å². The highest BCUT2D eigenvalue weighted by Crippen LogP contribution is 2.19. The van der Waals surface area contributed by atoms with Crippen LogP contribution in [0.25, 0.3) is 5.69 Å². The van der Waals surface area contributed by atoms with Crippen LogP contribution in [-0.2, 0) is 6.54 Å². The van der Waals surface area contributed by atoms with Crippen molar-refractivity contribution in [1.82, 2.24) is 14.8 Å². The smallest absolute Gasteiger partial charge is 0.356 e. The Labute approximate surface area is 135 Å². The van der Waals surface area contributed by atoms with Gasteiger partial charge in [-0.25, -0.2) is 14.5 Å². The predicted molar refractivity (Wildman–Crippen MR) is 85.0 cm³/mol. The van der Waals surface area contributed by atoms with E-state index in [4.69, 9.17) is 16.7 Å². The first-order valence-electron chi connectivity index (χ1n) is 6.35. The third-order valence-electron chi connectivity index (χ3n) is 2.93. The fourth-order valence-electron chi connectivity index (χ4n) is 1.87. The van der Waals surface area contributed by atoms with Crippen molar-refractivity contribution in [3.05, 3.63) is 57.8 Å². The molecule has 112 valence electrons. The van der Waals surface area contributed by atoms with Gasteiger partial charge in [-0.1, -0.05) is 11.6 Å². The summed E-state index contributed by atoms with van der Waals surface area (Å²) in [5.41, 5.74) is 1.75. The van der Waals surface area contributed by atoms with E-state index in [-0.39, 0.29) is 5.69 Å². The Morgan fingerprint density at radius 1 is 1.32 bits per heavy atom. The molecule has 22 heavy (non-hydrogen) atoms. The Bertz CT molecular complexity index is 797. The van der Waals surface area contributed by atoms with Crippen LogP contribution in [0.4, 0.5) is 5.69 Å². The molecule has 3 aromatic rings. The summed E-state index contributed by atoms with van der Waals surface area (Å²) < 4.78 is 2.05. The van der Waals surface area contributed by atoms with Crippen molar-refractivity contribution >= 4 is 34.6 Å². The van der Waals surface area contributed by atoms with E-state index in [9.17, 15) is 4.79 Å². The van der Waals surface area contributed by atoms with Gasteiger partial charge in [0, 0.05) is 23.0 Å². The minimum Gasteiger partial charge on any atom is -0.476 e. The van der Waals surface area contributed by atoms with E-state index in [1.807, 2.05) is 24.3 Å². The summed E-state index contributed by atoms with van der Waals surface area (Å²) in [6.07, 6.45) is 3.36. The Balaban J connectivity index is 1.68. The first-order valence-corrected chi connectivity index (χ1v) is 7.55. The van der Waals surface area contributed by atoms with Crippen LogP contribution in [0.3, 0.4) is 0 Å². The van der Waals surface area contributed by atoms with Crippen LogP contribution in [0.15, 0.2) is 42.7 Å². The molecule has 6 nitrogen and oxygen atoms in total. The molecule has 0 aliphatic carbocycles. The molecular weight excluding hydrogens is 324 g/mol. The first-order chi connectivity index (χ1) is 10.6. The highest BCUT2D eigenvalue weighted by molar-refractivity contribution is 7.15. The molecule has 0 bridgehead atoms. The Hall–Kier alpha value is -2.38. The standard InChI is InChI=1S/C14H11ClN4O2S/c15-14-17-8-11(22-14)7-16-9-1-3-10(4-2-9)19-6-5-12(18-19)13(20)21/h1-6,8,16H,7H2,(H,20,21). The number of halogens is 1. The van der Waals surface area contributed by atoms with E-state index in [0.717, 1.165) is 16.3 Å². The van der Waals surface area contributed by atoms with Crippen LogP contribution >= 0.6 is 22.9 Å². The average Bonchev–Trinajstić information content (AvgIpc) is 3.15. The van der Waals surface area contributed by atoms with E-state index in [1.165, 1.54) is 22.1 Å². The second-order valence-corrected chi connectivity index (χ2v) is 6.13. The molecule has 0 unspecified atom stereocenters. The van der Waals surface area contributed by atoms with Gasteiger partial charge in [0.25, 0.3) is 0 Å². The molecule has 0 aliphatic rings. The van der Waals surface area contributed by atoms with Crippen LogP contribution in [0, 0.1) is 0 Å². The maximum atomic E-state index is 10.8. The molecule has 0 atom stereocenters. The monoisotopic (exact) mass is 334 g/mol.